The maximum absolute atomic E-state index is 12.7. The van der Waals surface area contributed by atoms with Crippen molar-refractivity contribution in [2.75, 3.05) is 24.5 Å². The largest absolute Gasteiger partial charge is 0.451 e. The number of cyclic esters (lactones) is 1. The first-order valence-electron chi connectivity index (χ1n) is 9.35. The molecule has 138 valence electrons. The van der Waals surface area contributed by atoms with Crippen LogP contribution in [-0.4, -0.2) is 36.6 Å². The van der Waals surface area contributed by atoms with Crippen LogP contribution in [0.1, 0.15) is 34.0 Å². The van der Waals surface area contributed by atoms with Gasteiger partial charge >= 0.3 is 5.97 Å². The molecule has 1 unspecified atom stereocenters. The third-order valence-electron chi connectivity index (χ3n) is 5.29. The highest BCUT2D eigenvalue weighted by atomic mass is 32.1. The lowest BCUT2D eigenvalue weighted by Crippen LogP contribution is -2.49. The van der Waals surface area contributed by atoms with Crippen LogP contribution in [0.25, 0.3) is 10.2 Å². The number of esters is 1. The van der Waals surface area contributed by atoms with Crippen molar-refractivity contribution in [1.82, 2.24) is 10.3 Å². The van der Waals surface area contributed by atoms with Crippen LogP contribution in [0.3, 0.4) is 0 Å². The van der Waals surface area contributed by atoms with E-state index in [2.05, 4.69) is 40.3 Å². The van der Waals surface area contributed by atoms with E-state index in [4.69, 9.17) is 4.74 Å². The van der Waals surface area contributed by atoms with E-state index in [1.165, 1.54) is 0 Å². The Labute approximate surface area is 162 Å². The molecule has 3 aromatic rings. The normalized spacial score (nSPS) is 22.6. The Morgan fingerprint density at radius 1 is 1.26 bits per heavy atom. The van der Waals surface area contributed by atoms with E-state index < -0.39 is 0 Å². The number of hydrogen-bond donors (Lipinski definition) is 1. The highest BCUT2D eigenvalue weighted by Crippen LogP contribution is 2.36. The number of rotatable bonds is 2. The van der Waals surface area contributed by atoms with E-state index in [0.29, 0.717) is 18.0 Å². The summed E-state index contributed by atoms with van der Waals surface area (Å²) in [6.07, 6.45) is 0.381. The van der Waals surface area contributed by atoms with Crippen LogP contribution in [-0.2, 0) is 11.2 Å². The molecule has 5 nitrogen and oxygen atoms in total. The number of nitrogens with zero attached hydrogens (tertiary/aromatic N) is 2. The number of carbonyl (C=O) groups excluding carboxylic acids is 1. The fourth-order valence-electron chi connectivity index (χ4n) is 3.90. The molecule has 1 N–H and O–H groups in total. The third-order valence-corrected chi connectivity index (χ3v) is 6.42. The van der Waals surface area contributed by atoms with E-state index in [1.807, 2.05) is 24.3 Å². The van der Waals surface area contributed by atoms with Gasteiger partial charge in [0.1, 0.15) is 5.01 Å². The van der Waals surface area contributed by atoms with Crippen LogP contribution in [0.4, 0.5) is 5.69 Å². The summed E-state index contributed by atoms with van der Waals surface area (Å²) in [6.45, 7) is 5.04. The molecule has 1 saturated heterocycles. The second-order valence-corrected chi connectivity index (χ2v) is 8.32. The van der Waals surface area contributed by atoms with Crippen LogP contribution in [0.15, 0.2) is 42.5 Å². The van der Waals surface area contributed by atoms with Gasteiger partial charge in [0.05, 0.1) is 15.8 Å². The number of ether oxygens (including phenoxy) is 1. The van der Waals surface area contributed by atoms with E-state index in [0.717, 1.165) is 46.1 Å². The first-order chi connectivity index (χ1) is 13.2. The zero-order chi connectivity index (χ0) is 18.4. The SMILES string of the molecule is C[C@H]1CN(c2ccc3c(c2)C(=O)OC(c2nc4ccccc4s2)C3)CCN1. The molecule has 0 radical (unpaired) electrons. The summed E-state index contributed by atoms with van der Waals surface area (Å²) in [5.74, 6) is -0.245. The number of thiazole rings is 1. The summed E-state index contributed by atoms with van der Waals surface area (Å²) in [5.41, 5.74) is 3.79. The molecule has 2 aliphatic heterocycles. The lowest BCUT2D eigenvalue weighted by molar-refractivity contribution is 0.0253. The number of carbonyl (C=O) groups is 1. The Kier molecular flexibility index (Phi) is 4.10. The third kappa shape index (κ3) is 3.09. The number of piperazine rings is 1. The second-order valence-electron chi connectivity index (χ2n) is 7.26. The highest BCUT2D eigenvalue weighted by molar-refractivity contribution is 7.18. The van der Waals surface area contributed by atoms with Crippen LogP contribution in [0, 0.1) is 0 Å². The quantitative estimate of drug-likeness (QED) is 0.690. The monoisotopic (exact) mass is 379 g/mol. The van der Waals surface area contributed by atoms with E-state index in [1.54, 1.807) is 11.3 Å². The fourth-order valence-corrected chi connectivity index (χ4v) is 4.89. The summed E-state index contributed by atoms with van der Waals surface area (Å²) in [5, 5.41) is 4.32. The Morgan fingerprint density at radius 3 is 3.00 bits per heavy atom. The van der Waals surface area contributed by atoms with Crippen molar-refractivity contribution in [3.8, 4) is 0 Å². The molecule has 2 atom stereocenters. The molecular formula is C21H21N3O2S. The van der Waals surface area contributed by atoms with Crippen molar-refractivity contribution in [2.24, 2.45) is 0 Å². The predicted molar refractivity (Wildman–Crippen MR) is 108 cm³/mol. The number of hydrogen-bond acceptors (Lipinski definition) is 6. The minimum absolute atomic E-state index is 0.245. The van der Waals surface area contributed by atoms with Gasteiger partial charge in [-0.25, -0.2) is 9.78 Å². The van der Waals surface area contributed by atoms with Crippen molar-refractivity contribution >= 4 is 33.2 Å². The van der Waals surface area contributed by atoms with Gasteiger partial charge in [0.15, 0.2) is 6.10 Å². The molecule has 1 aromatic heterocycles. The zero-order valence-corrected chi connectivity index (χ0v) is 16.0. The van der Waals surface area contributed by atoms with Gasteiger partial charge in [0, 0.05) is 37.8 Å². The van der Waals surface area contributed by atoms with Gasteiger partial charge in [-0.2, -0.15) is 0 Å². The molecule has 0 spiro atoms. The molecule has 0 saturated carbocycles. The van der Waals surface area contributed by atoms with Crippen molar-refractivity contribution < 1.29 is 9.53 Å². The molecule has 2 aromatic carbocycles. The van der Waals surface area contributed by atoms with Gasteiger partial charge in [0.2, 0.25) is 0 Å². The van der Waals surface area contributed by atoms with Gasteiger partial charge < -0.3 is 15.0 Å². The standard InChI is InChI=1S/C21H21N3O2S/c1-13-12-24(9-8-22-13)15-7-6-14-10-18(26-21(25)16(14)11-15)20-23-17-4-2-3-5-19(17)27-20/h2-7,11,13,18,22H,8-10,12H2,1H3/t13-,18?/m0/s1. The number of benzene rings is 2. The molecule has 0 amide bonds. The number of para-hydroxylation sites is 1. The molecule has 2 aliphatic rings. The second kappa shape index (κ2) is 6.62. The minimum Gasteiger partial charge on any atom is -0.451 e. The van der Waals surface area contributed by atoms with Gasteiger partial charge in [-0.05, 0) is 36.8 Å². The van der Waals surface area contributed by atoms with Gasteiger partial charge in [-0.15, -0.1) is 11.3 Å². The first-order valence-corrected chi connectivity index (χ1v) is 10.2. The van der Waals surface area contributed by atoms with E-state index >= 15 is 0 Å². The lowest BCUT2D eigenvalue weighted by atomic mass is 9.97. The zero-order valence-electron chi connectivity index (χ0n) is 15.1. The number of fused-ring (bicyclic) bond motifs is 2. The maximum atomic E-state index is 12.7. The first kappa shape index (κ1) is 16.7. The minimum atomic E-state index is -0.299. The average Bonchev–Trinajstić information content (AvgIpc) is 3.12. The van der Waals surface area contributed by atoms with Crippen molar-refractivity contribution in [3.63, 3.8) is 0 Å². The Balaban J connectivity index is 1.43. The Morgan fingerprint density at radius 2 is 2.15 bits per heavy atom. The van der Waals surface area contributed by atoms with Crippen LogP contribution >= 0.6 is 11.3 Å². The highest BCUT2D eigenvalue weighted by Gasteiger charge is 2.30. The summed E-state index contributed by atoms with van der Waals surface area (Å²) in [7, 11) is 0. The molecule has 27 heavy (non-hydrogen) atoms. The molecule has 5 rings (SSSR count). The van der Waals surface area contributed by atoms with E-state index in [-0.39, 0.29) is 12.1 Å². The Bertz CT molecular complexity index is 983. The van der Waals surface area contributed by atoms with Crippen LogP contribution < -0.4 is 10.2 Å². The Hall–Kier alpha value is -2.44. The fraction of sp³-hybridized carbons (Fsp3) is 0.333. The van der Waals surface area contributed by atoms with Crippen molar-refractivity contribution in [2.45, 2.75) is 25.5 Å². The van der Waals surface area contributed by atoms with E-state index in [9.17, 15) is 4.79 Å². The summed E-state index contributed by atoms with van der Waals surface area (Å²) in [4.78, 5) is 19.7. The topological polar surface area (TPSA) is 54.5 Å². The maximum Gasteiger partial charge on any atom is 0.339 e. The molecule has 6 heteroatoms. The van der Waals surface area contributed by atoms with Gasteiger partial charge in [-0.1, -0.05) is 18.2 Å². The van der Waals surface area contributed by atoms with Crippen LogP contribution in [0.5, 0.6) is 0 Å². The smallest absolute Gasteiger partial charge is 0.339 e. The van der Waals surface area contributed by atoms with Gasteiger partial charge in [0.25, 0.3) is 0 Å². The molecule has 0 bridgehead atoms. The summed E-state index contributed by atoms with van der Waals surface area (Å²) in [6, 6.07) is 14.7. The molecule has 0 aliphatic carbocycles. The van der Waals surface area contributed by atoms with Crippen molar-refractivity contribution in [1.29, 1.82) is 0 Å². The number of anilines is 1. The van der Waals surface area contributed by atoms with Crippen LogP contribution in [0.2, 0.25) is 0 Å². The van der Waals surface area contributed by atoms with Crippen molar-refractivity contribution in [3.05, 3.63) is 58.6 Å². The average molecular weight is 379 g/mol. The molecular weight excluding hydrogens is 358 g/mol. The summed E-state index contributed by atoms with van der Waals surface area (Å²) < 4.78 is 6.89. The van der Waals surface area contributed by atoms with Gasteiger partial charge in [-0.3, -0.25) is 0 Å². The molecule has 3 heterocycles. The lowest BCUT2D eigenvalue weighted by Gasteiger charge is -2.34. The summed E-state index contributed by atoms with van der Waals surface area (Å²) >= 11 is 1.60. The molecule has 1 fully saturated rings. The number of nitrogens with one attached hydrogen (secondary N) is 1. The predicted octanol–water partition coefficient (Wildman–Crippen LogP) is 3.55. The number of aromatic nitrogens is 1.